The molecular weight excluding hydrogens is 328 g/mol. The highest BCUT2D eigenvalue weighted by Gasteiger charge is 2.19. The molecule has 1 atom stereocenters. The first-order valence-electron chi connectivity index (χ1n) is 7.45. The van der Waals surface area contributed by atoms with Gasteiger partial charge in [0.1, 0.15) is 16.7 Å². The van der Waals surface area contributed by atoms with Crippen molar-refractivity contribution in [2.24, 2.45) is 0 Å². The van der Waals surface area contributed by atoms with E-state index in [0.717, 1.165) is 33.3 Å². The van der Waals surface area contributed by atoms with E-state index in [-0.39, 0.29) is 11.8 Å². The zero-order valence-electron chi connectivity index (χ0n) is 13.5. The van der Waals surface area contributed by atoms with Crippen molar-refractivity contribution in [2.75, 3.05) is 0 Å². The zero-order valence-corrected chi connectivity index (χ0v) is 15.2. The van der Waals surface area contributed by atoms with Crippen LogP contribution in [0.25, 0.3) is 11.3 Å². The summed E-state index contributed by atoms with van der Waals surface area (Å²) in [4.78, 5) is 18.1. The Morgan fingerprint density at radius 2 is 2.17 bits per heavy atom. The molecule has 3 heterocycles. The number of ketones is 1. The maximum atomic E-state index is 11.4. The number of Topliss-reactive ketones (excluding diaryl/α,β-unsaturated/α-hetero) is 1. The lowest BCUT2D eigenvalue weighted by Gasteiger charge is -2.11. The third kappa shape index (κ3) is 3.11. The summed E-state index contributed by atoms with van der Waals surface area (Å²) in [5.74, 6) is 0.0776. The Bertz CT molecular complexity index is 827. The van der Waals surface area contributed by atoms with Crippen molar-refractivity contribution in [2.45, 2.75) is 40.2 Å². The highest BCUT2D eigenvalue weighted by atomic mass is 32.1. The molecule has 7 heteroatoms. The number of aryl methyl sites for hydroxylation is 2. The maximum Gasteiger partial charge on any atom is 0.169 e. The molecule has 0 saturated heterocycles. The minimum Gasteiger partial charge on any atom is -0.294 e. The van der Waals surface area contributed by atoms with Crippen LogP contribution in [-0.2, 0) is 0 Å². The summed E-state index contributed by atoms with van der Waals surface area (Å²) < 4.78 is 1.87. The topological polar surface area (TPSA) is 60.7 Å². The molecule has 0 amide bonds. The number of aromatic nitrogens is 4. The van der Waals surface area contributed by atoms with Crippen molar-refractivity contribution in [3.05, 3.63) is 38.1 Å². The fourth-order valence-corrected chi connectivity index (χ4v) is 4.24. The van der Waals surface area contributed by atoms with Crippen LogP contribution in [-0.4, -0.2) is 25.8 Å². The van der Waals surface area contributed by atoms with Crippen LogP contribution in [0.2, 0.25) is 0 Å². The van der Waals surface area contributed by atoms with E-state index >= 15 is 0 Å². The van der Waals surface area contributed by atoms with E-state index < -0.39 is 0 Å². The first kappa shape index (κ1) is 16.0. The van der Waals surface area contributed by atoms with Crippen LogP contribution in [0.5, 0.6) is 0 Å². The number of rotatable bonds is 5. The van der Waals surface area contributed by atoms with Crippen molar-refractivity contribution < 1.29 is 4.79 Å². The summed E-state index contributed by atoms with van der Waals surface area (Å²) in [7, 11) is 0. The van der Waals surface area contributed by atoms with E-state index in [1.165, 1.54) is 16.2 Å². The SMILES string of the molecule is CC[C@H](c1nc(C)c(C)s1)n1cc(-c2csc(C(C)=O)c2)nn1. The second-order valence-corrected chi connectivity index (χ2v) is 7.60. The van der Waals surface area contributed by atoms with Gasteiger partial charge < -0.3 is 0 Å². The molecule has 120 valence electrons. The molecule has 0 spiro atoms. The molecule has 5 nitrogen and oxygen atoms in total. The van der Waals surface area contributed by atoms with Gasteiger partial charge in [-0.15, -0.1) is 27.8 Å². The van der Waals surface area contributed by atoms with Crippen LogP contribution in [0.15, 0.2) is 17.6 Å². The number of thiophene rings is 1. The zero-order chi connectivity index (χ0) is 16.6. The Balaban J connectivity index is 1.91. The van der Waals surface area contributed by atoms with E-state index in [0.29, 0.717) is 0 Å². The summed E-state index contributed by atoms with van der Waals surface area (Å²) in [6, 6.07) is 1.97. The summed E-state index contributed by atoms with van der Waals surface area (Å²) in [5, 5.41) is 11.6. The number of hydrogen-bond acceptors (Lipinski definition) is 6. The van der Waals surface area contributed by atoms with E-state index in [1.807, 2.05) is 29.2 Å². The highest BCUT2D eigenvalue weighted by molar-refractivity contribution is 7.12. The van der Waals surface area contributed by atoms with Gasteiger partial charge in [0.2, 0.25) is 0 Å². The lowest BCUT2D eigenvalue weighted by atomic mass is 10.2. The molecule has 0 unspecified atom stereocenters. The number of carbonyl (C=O) groups is 1. The van der Waals surface area contributed by atoms with E-state index in [2.05, 4.69) is 29.1 Å². The molecule has 3 rings (SSSR count). The molecule has 0 N–H and O–H groups in total. The molecule has 0 radical (unpaired) electrons. The second-order valence-electron chi connectivity index (χ2n) is 5.46. The molecule has 3 aromatic heterocycles. The molecule has 3 aromatic rings. The molecule has 0 aliphatic carbocycles. The van der Waals surface area contributed by atoms with E-state index in [4.69, 9.17) is 0 Å². The van der Waals surface area contributed by atoms with Crippen LogP contribution in [0.1, 0.15) is 51.6 Å². The predicted octanol–water partition coefficient (Wildman–Crippen LogP) is 4.28. The Kier molecular flexibility index (Phi) is 4.41. The van der Waals surface area contributed by atoms with E-state index in [1.54, 1.807) is 18.3 Å². The van der Waals surface area contributed by atoms with Crippen molar-refractivity contribution in [1.29, 1.82) is 0 Å². The number of carbonyl (C=O) groups excluding carboxylic acids is 1. The van der Waals surface area contributed by atoms with Gasteiger partial charge in [-0.3, -0.25) is 4.79 Å². The van der Waals surface area contributed by atoms with Crippen molar-refractivity contribution in [3.63, 3.8) is 0 Å². The lowest BCUT2D eigenvalue weighted by molar-refractivity contribution is 0.102. The van der Waals surface area contributed by atoms with Crippen LogP contribution in [0, 0.1) is 13.8 Å². The summed E-state index contributed by atoms with van der Waals surface area (Å²) in [5.41, 5.74) is 2.80. The van der Waals surface area contributed by atoms with Gasteiger partial charge in [0, 0.05) is 15.8 Å². The summed E-state index contributed by atoms with van der Waals surface area (Å²) in [6.07, 6.45) is 2.84. The van der Waals surface area contributed by atoms with Crippen LogP contribution < -0.4 is 0 Å². The van der Waals surface area contributed by atoms with Gasteiger partial charge in [-0.1, -0.05) is 12.1 Å². The van der Waals surface area contributed by atoms with Crippen molar-refractivity contribution in [3.8, 4) is 11.3 Å². The first-order valence-corrected chi connectivity index (χ1v) is 9.14. The van der Waals surface area contributed by atoms with Crippen LogP contribution in [0.3, 0.4) is 0 Å². The van der Waals surface area contributed by atoms with E-state index in [9.17, 15) is 4.79 Å². The second kappa shape index (κ2) is 6.33. The Labute approximate surface area is 143 Å². The average molecular weight is 346 g/mol. The molecule has 0 saturated carbocycles. The fourth-order valence-electron chi connectivity index (χ4n) is 2.33. The Morgan fingerprint density at radius 1 is 1.39 bits per heavy atom. The third-order valence-electron chi connectivity index (χ3n) is 3.79. The van der Waals surface area contributed by atoms with Crippen molar-refractivity contribution >= 4 is 28.5 Å². The lowest BCUT2D eigenvalue weighted by Crippen LogP contribution is -2.10. The third-order valence-corrected chi connectivity index (χ3v) is 5.99. The van der Waals surface area contributed by atoms with Gasteiger partial charge in [0.05, 0.1) is 16.8 Å². The molecule has 0 aliphatic heterocycles. The fraction of sp³-hybridized carbons (Fsp3) is 0.375. The summed E-state index contributed by atoms with van der Waals surface area (Å²) >= 11 is 3.15. The maximum absolute atomic E-state index is 11.4. The summed E-state index contributed by atoms with van der Waals surface area (Å²) in [6.45, 7) is 7.82. The van der Waals surface area contributed by atoms with Crippen LogP contribution >= 0.6 is 22.7 Å². The smallest absolute Gasteiger partial charge is 0.169 e. The molecular formula is C16H18N4OS2. The van der Waals surface area contributed by atoms with Crippen LogP contribution in [0.4, 0.5) is 0 Å². The van der Waals surface area contributed by atoms with Gasteiger partial charge >= 0.3 is 0 Å². The largest absolute Gasteiger partial charge is 0.294 e. The average Bonchev–Trinajstić information content (AvgIpc) is 3.21. The van der Waals surface area contributed by atoms with Crippen molar-refractivity contribution in [1.82, 2.24) is 20.0 Å². The van der Waals surface area contributed by atoms with Gasteiger partial charge in [-0.05, 0) is 33.3 Å². The number of hydrogen-bond donors (Lipinski definition) is 0. The Hall–Kier alpha value is -1.86. The van der Waals surface area contributed by atoms with Gasteiger partial charge in [0.25, 0.3) is 0 Å². The normalized spacial score (nSPS) is 12.5. The Morgan fingerprint density at radius 3 is 2.74 bits per heavy atom. The molecule has 0 bridgehead atoms. The highest BCUT2D eigenvalue weighted by Crippen LogP contribution is 2.29. The van der Waals surface area contributed by atoms with Gasteiger partial charge in [-0.25, -0.2) is 9.67 Å². The standard InChI is InChI=1S/C16H18N4OS2/c1-5-14(16-17-9(2)11(4)23-16)20-7-13(18-19-20)12-6-15(10(3)21)22-8-12/h6-8,14H,5H2,1-4H3/t14-/m1/s1. The van der Waals surface area contributed by atoms with Gasteiger partial charge in [0.15, 0.2) is 5.78 Å². The predicted molar refractivity (Wildman–Crippen MR) is 93.4 cm³/mol. The quantitative estimate of drug-likeness (QED) is 0.647. The number of nitrogens with zero attached hydrogens (tertiary/aromatic N) is 4. The molecule has 0 fully saturated rings. The first-order chi connectivity index (χ1) is 11.0. The monoisotopic (exact) mass is 346 g/mol. The molecule has 0 aromatic carbocycles. The molecule has 0 aliphatic rings. The minimum atomic E-state index is 0.0776. The van der Waals surface area contributed by atoms with Gasteiger partial charge in [-0.2, -0.15) is 0 Å². The minimum absolute atomic E-state index is 0.0776. The number of thiazole rings is 1. The molecule has 23 heavy (non-hydrogen) atoms.